The molecule has 0 unspecified atom stereocenters. The number of anilines is 1. The van der Waals surface area contributed by atoms with E-state index in [0.29, 0.717) is 28.3 Å². The zero-order valence-corrected chi connectivity index (χ0v) is 17.5. The summed E-state index contributed by atoms with van der Waals surface area (Å²) in [5.41, 5.74) is 3.15. The van der Waals surface area contributed by atoms with Crippen LogP contribution in [-0.4, -0.2) is 27.7 Å². The molecular formula is C24H20N4O4. The Balaban J connectivity index is 1.74. The SMILES string of the molecule is COc1ccc(-c2nn(-c3ccccc3)cc2C(=O)Nc2ccc(C)c([N+](=O)[O-])c2)cc1. The molecule has 4 rings (SSSR count). The molecule has 32 heavy (non-hydrogen) atoms. The number of nitrogens with zero attached hydrogens (tertiary/aromatic N) is 3. The molecule has 1 amide bonds. The van der Waals surface area contributed by atoms with Crippen molar-refractivity contribution in [3.63, 3.8) is 0 Å². The van der Waals surface area contributed by atoms with E-state index in [1.54, 1.807) is 49.2 Å². The minimum Gasteiger partial charge on any atom is -0.497 e. The highest BCUT2D eigenvalue weighted by Gasteiger charge is 2.20. The molecule has 160 valence electrons. The number of nitrogens with one attached hydrogen (secondary N) is 1. The lowest BCUT2D eigenvalue weighted by atomic mass is 10.1. The smallest absolute Gasteiger partial charge is 0.274 e. The molecule has 8 nitrogen and oxygen atoms in total. The lowest BCUT2D eigenvalue weighted by molar-refractivity contribution is -0.385. The van der Waals surface area contributed by atoms with Gasteiger partial charge in [0.1, 0.15) is 11.4 Å². The molecule has 0 saturated carbocycles. The highest BCUT2D eigenvalue weighted by atomic mass is 16.6. The third-order valence-corrected chi connectivity index (χ3v) is 5.01. The topological polar surface area (TPSA) is 99.3 Å². The highest BCUT2D eigenvalue weighted by Crippen LogP contribution is 2.28. The number of para-hydroxylation sites is 1. The molecule has 4 aromatic rings. The van der Waals surface area contributed by atoms with E-state index in [-0.39, 0.29) is 5.69 Å². The number of methoxy groups -OCH3 is 1. The summed E-state index contributed by atoms with van der Waals surface area (Å²) in [4.78, 5) is 24.0. The molecule has 1 heterocycles. The molecule has 0 aliphatic carbocycles. The van der Waals surface area contributed by atoms with Crippen LogP contribution in [0.1, 0.15) is 15.9 Å². The Labute approximate surface area is 184 Å². The highest BCUT2D eigenvalue weighted by molar-refractivity contribution is 6.08. The molecular weight excluding hydrogens is 408 g/mol. The Morgan fingerprint density at radius 2 is 1.78 bits per heavy atom. The van der Waals surface area contributed by atoms with Crippen LogP contribution >= 0.6 is 0 Å². The van der Waals surface area contributed by atoms with Gasteiger partial charge in [-0.05, 0) is 49.4 Å². The summed E-state index contributed by atoms with van der Waals surface area (Å²) < 4.78 is 6.85. The van der Waals surface area contributed by atoms with E-state index in [2.05, 4.69) is 10.4 Å². The zero-order chi connectivity index (χ0) is 22.7. The van der Waals surface area contributed by atoms with Crippen molar-refractivity contribution in [1.82, 2.24) is 9.78 Å². The number of benzene rings is 3. The van der Waals surface area contributed by atoms with Crippen LogP contribution in [0, 0.1) is 17.0 Å². The number of rotatable bonds is 6. The molecule has 8 heteroatoms. The molecule has 0 saturated heterocycles. The van der Waals surface area contributed by atoms with Gasteiger partial charge in [-0.25, -0.2) is 4.68 Å². The molecule has 1 aromatic heterocycles. The number of aryl methyl sites for hydroxylation is 1. The van der Waals surface area contributed by atoms with Gasteiger partial charge in [0.25, 0.3) is 11.6 Å². The number of nitro benzene ring substituents is 1. The Kier molecular flexibility index (Phi) is 5.67. The number of amides is 1. The van der Waals surface area contributed by atoms with Gasteiger partial charge >= 0.3 is 0 Å². The first-order valence-corrected chi connectivity index (χ1v) is 9.82. The maximum Gasteiger partial charge on any atom is 0.274 e. The number of ether oxygens (including phenoxy) is 1. The van der Waals surface area contributed by atoms with Crippen LogP contribution < -0.4 is 10.1 Å². The Morgan fingerprint density at radius 3 is 2.44 bits per heavy atom. The predicted molar refractivity (Wildman–Crippen MR) is 121 cm³/mol. The van der Waals surface area contributed by atoms with E-state index in [9.17, 15) is 14.9 Å². The Morgan fingerprint density at radius 1 is 1.06 bits per heavy atom. The monoisotopic (exact) mass is 428 g/mol. The summed E-state index contributed by atoms with van der Waals surface area (Å²) in [5.74, 6) is 0.269. The molecule has 0 atom stereocenters. The number of carbonyl (C=O) groups excluding carboxylic acids is 1. The molecule has 0 spiro atoms. The molecule has 0 aliphatic heterocycles. The van der Waals surface area contributed by atoms with E-state index >= 15 is 0 Å². The minimum atomic E-state index is -0.471. The van der Waals surface area contributed by atoms with Crippen LogP contribution in [0.3, 0.4) is 0 Å². The maximum absolute atomic E-state index is 13.2. The number of hydrogen-bond acceptors (Lipinski definition) is 5. The average Bonchev–Trinajstić information content (AvgIpc) is 3.26. The summed E-state index contributed by atoms with van der Waals surface area (Å²) in [6.45, 7) is 1.65. The molecule has 0 bridgehead atoms. The third-order valence-electron chi connectivity index (χ3n) is 5.01. The van der Waals surface area contributed by atoms with Crippen molar-refractivity contribution in [2.24, 2.45) is 0 Å². The fourth-order valence-corrected chi connectivity index (χ4v) is 3.30. The zero-order valence-electron chi connectivity index (χ0n) is 17.5. The summed E-state index contributed by atoms with van der Waals surface area (Å²) in [6, 6.07) is 21.3. The first-order chi connectivity index (χ1) is 15.5. The first-order valence-electron chi connectivity index (χ1n) is 9.82. The lowest BCUT2D eigenvalue weighted by Gasteiger charge is -2.07. The fraction of sp³-hybridized carbons (Fsp3) is 0.0833. The van der Waals surface area contributed by atoms with Gasteiger partial charge in [0.15, 0.2) is 0 Å². The van der Waals surface area contributed by atoms with Crippen LogP contribution in [0.2, 0.25) is 0 Å². The van der Waals surface area contributed by atoms with E-state index in [1.807, 2.05) is 42.5 Å². The molecule has 0 fully saturated rings. The van der Waals surface area contributed by atoms with E-state index in [1.165, 1.54) is 6.07 Å². The van der Waals surface area contributed by atoms with Gasteiger partial charge in [0.05, 0.1) is 23.3 Å². The summed E-state index contributed by atoms with van der Waals surface area (Å²) in [6.07, 6.45) is 1.65. The number of aromatic nitrogens is 2. The van der Waals surface area contributed by atoms with Crippen molar-refractivity contribution in [1.29, 1.82) is 0 Å². The van der Waals surface area contributed by atoms with Gasteiger partial charge < -0.3 is 10.1 Å². The van der Waals surface area contributed by atoms with Gasteiger partial charge in [-0.1, -0.05) is 24.3 Å². The predicted octanol–water partition coefficient (Wildman–Crippen LogP) is 5.02. The first kappa shape index (κ1) is 20.8. The third kappa shape index (κ3) is 4.20. The Hall–Kier alpha value is -4.46. The van der Waals surface area contributed by atoms with Crippen molar-refractivity contribution in [3.05, 3.63) is 100 Å². The lowest BCUT2D eigenvalue weighted by Crippen LogP contribution is -2.12. The van der Waals surface area contributed by atoms with E-state index in [0.717, 1.165) is 11.3 Å². The van der Waals surface area contributed by atoms with Crippen molar-refractivity contribution >= 4 is 17.3 Å². The quantitative estimate of drug-likeness (QED) is 0.343. The maximum atomic E-state index is 13.2. The van der Waals surface area contributed by atoms with Gasteiger partial charge in [0, 0.05) is 29.1 Å². The fourth-order valence-electron chi connectivity index (χ4n) is 3.30. The average molecular weight is 428 g/mol. The van der Waals surface area contributed by atoms with Gasteiger partial charge in [-0.3, -0.25) is 14.9 Å². The number of nitro groups is 1. The van der Waals surface area contributed by atoms with Crippen LogP contribution in [-0.2, 0) is 0 Å². The van der Waals surface area contributed by atoms with Crippen molar-refractivity contribution in [2.45, 2.75) is 6.92 Å². The van der Waals surface area contributed by atoms with Gasteiger partial charge in [-0.15, -0.1) is 0 Å². The minimum absolute atomic E-state index is 0.0573. The molecule has 0 aliphatic rings. The molecule has 0 radical (unpaired) electrons. The number of hydrogen-bond donors (Lipinski definition) is 1. The largest absolute Gasteiger partial charge is 0.497 e. The van der Waals surface area contributed by atoms with Crippen molar-refractivity contribution in [2.75, 3.05) is 12.4 Å². The standard InChI is InChI=1S/C24H20N4O4/c1-16-8-11-18(14-22(16)28(30)31)25-24(29)21-15-27(19-6-4-3-5-7-19)26-23(21)17-9-12-20(32-2)13-10-17/h3-15H,1-2H3,(H,25,29). The second-order valence-corrected chi connectivity index (χ2v) is 7.11. The van der Waals surface area contributed by atoms with Crippen LogP contribution in [0.25, 0.3) is 16.9 Å². The van der Waals surface area contributed by atoms with Crippen LogP contribution in [0.15, 0.2) is 79.0 Å². The summed E-state index contributed by atoms with van der Waals surface area (Å²) >= 11 is 0. The molecule has 1 N–H and O–H groups in total. The normalized spacial score (nSPS) is 10.6. The number of carbonyl (C=O) groups is 1. The van der Waals surface area contributed by atoms with E-state index < -0.39 is 10.8 Å². The second-order valence-electron chi connectivity index (χ2n) is 7.11. The summed E-state index contributed by atoms with van der Waals surface area (Å²) in [7, 11) is 1.58. The van der Waals surface area contributed by atoms with Crippen molar-refractivity contribution in [3.8, 4) is 22.7 Å². The van der Waals surface area contributed by atoms with Crippen LogP contribution in [0.4, 0.5) is 11.4 Å². The van der Waals surface area contributed by atoms with Crippen molar-refractivity contribution < 1.29 is 14.5 Å². The Bertz CT molecular complexity index is 1280. The summed E-state index contributed by atoms with van der Waals surface area (Å²) in [5, 5.41) is 18.6. The van der Waals surface area contributed by atoms with Gasteiger partial charge in [-0.2, -0.15) is 5.10 Å². The van der Waals surface area contributed by atoms with E-state index in [4.69, 9.17) is 4.74 Å². The van der Waals surface area contributed by atoms with Crippen LogP contribution in [0.5, 0.6) is 5.75 Å². The molecule has 3 aromatic carbocycles. The van der Waals surface area contributed by atoms with Gasteiger partial charge in [0.2, 0.25) is 0 Å². The second kappa shape index (κ2) is 8.73.